The fraction of sp³-hybridized carbons (Fsp3) is 0.750. The number of hydrogen-bond donors (Lipinski definition) is 4. The third kappa shape index (κ3) is 2.71. The molecule has 1 aliphatic heterocycles. The molecule has 2 rings (SSSR count). The average molecular weight is 299 g/mol. The Morgan fingerprint density at radius 1 is 1.24 bits per heavy atom. The summed E-state index contributed by atoms with van der Waals surface area (Å²) < 4.78 is 9.74. The summed E-state index contributed by atoms with van der Waals surface area (Å²) >= 11 is 0. The van der Waals surface area contributed by atoms with E-state index in [1.54, 1.807) is 6.07 Å². The van der Waals surface area contributed by atoms with Gasteiger partial charge in [-0.3, -0.25) is 5.84 Å². The maximum absolute atomic E-state index is 11.7. The standard InChI is InChI=1S/C12H17N3O6/c13-5-12(9(15-14)6-3-1-2-4-6)20-10(18)7(16)8(17)11(19)21-12/h6-9,15-17H,1-4,14H2/t7?,8?,9-,12?/m1/s1. The Morgan fingerprint density at radius 2 is 1.71 bits per heavy atom. The number of ether oxygens (including phenoxy) is 2. The highest BCUT2D eigenvalue weighted by Crippen LogP contribution is 2.35. The Hall–Kier alpha value is -1.73. The smallest absolute Gasteiger partial charge is 0.363 e. The van der Waals surface area contributed by atoms with Crippen molar-refractivity contribution in [3.63, 3.8) is 0 Å². The summed E-state index contributed by atoms with van der Waals surface area (Å²) in [7, 11) is 0. The van der Waals surface area contributed by atoms with Crippen molar-refractivity contribution in [1.82, 2.24) is 5.43 Å². The number of carbonyl (C=O) groups excluding carboxylic acids is 2. The van der Waals surface area contributed by atoms with E-state index in [-0.39, 0.29) is 5.92 Å². The van der Waals surface area contributed by atoms with Crippen LogP contribution in [0.15, 0.2) is 0 Å². The van der Waals surface area contributed by atoms with Crippen molar-refractivity contribution in [3.05, 3.63) is 0 Å². The van der Waals surface area contributed by atoms with Crippen LogP contribution in [0.25, 0.3) is 0 Å². The summed E-state index contributed by atoms with van der Waals surface area (Å²) in [6, 6.07) is 0.688. The lowest BCUT2D eigenvalue weighted by molar-refractivity contribution is -0.217. The number of cyclic esters (lactones) is 2. The first-order valence-electron chi connectivity index (χ1n) is 6.64. The van der Waals surface area contributed by atoms with Crippen molar-refractivity contribution < 1.29 is 29.3 Å². The zero-order valence-electron chi connectivity index (χ0n) is 11.2. The first kappa shape index (κ1) is 15.7. The number of nitrogens with one attached hydrogen (secondary N) is 1. The minimum atomic E-state index is -2.31. The molecular formula is C12H17N3O6. The van der Waals surface area contributed by atoms with Crippen molar-refractivity contribution in [2.24, 2.45) is 11.8 Å². The number of aliphatic hydroxyl groups is 2. The van der Waals surface area contributed by atoms with Gasteiger partial charge in [0.2, 0.25) is 0 Å². The van der Waals surface area contributed by atoms with Crippen LogP contribution in [0.2, 0.25) is 0 Å². The average Bonchev–Trinajstić information content (AvgIpc) is 2.97. The maximum atomic E-state index is 11.7. The molecule has 0 radical (unpaired) electrons. The third-order valence-electron chi connectivity index (χ3n) is 3.90. The molecule has 0 aromatic heterocycles. The predicted octanol–water partition coefficient (Wildman–Crippen LogP) is -1.95. The molecule has 0 aromatic carbocycles. The number of nitriles is 1. The van der Waals surface area contributed by atoms with Crippen LogP contribution in [0.5, 0.6) is 0 Å². The second-order valence-corrected chi connectivity index (χ2v) is 5.20. The maximum Gasteiger partial charge on any atom is 0.363 e. The van der Waals surface area contributed by atoms with Gasteiger partial charge in [0.15, 0.2) is 18.3 Å². The van der Waals surface area contributed by atoms with Crippen molar-refractivity contribution in [1.29, 1.82) is 5.26 Å². The molecule has 21 heavy (non-hydrogen) atoms. The van der Waals surface area contributed by atoms with Crippen LogP contribution in [0.4, 0.5) is 0 Å². The summed E-state index contributed by atoms with van der Waals surface area (Å²) in [5.74, 6) is 0.377. The predicted molar refractivity (Wildman–Crippen MR) is 65.6 cm³/mol. The molecule has 9 heteroatoms. The van der Waals surface area contributed by atoms with Gasteiger partial charge in [-0.1, -0.05) is 12.8 Å². The van der Waals surface area contributed by atoms with Crippen molar-refractivity contribution in [3.8, 4) is 6.07 Å². The van der Waals surface area contributed by atoms with E-state index in [0.29, 0.717) is 0 Å². The van der Waals surface area contributed by atoms with E-state index in [0.717, 1.165) is 25.7 Å². The second-order valence-electron chi connectivity index (χ2n) is 5.20. The van der Waals surface area contributed by atoms with E-state index in [1.807, 2.05) is 0 Å². The van der Waals surface area contributed by atoms with Crippen LogP contribution in [0.3, 0.4) is 0 Å². The summed E-state index contributed by atoms with van der Waals surface area (Å²) in [5.41, 5.74) is 2.36. The molecule has 2 aliphatic rings. The molecular weight excluding hydrogens is 282 g/mol. The molecule has 0 spiro atoms. The normalized spacial score (nSPS) is 35.5. The molecule has 5 N–H and O–H groups in total. The number of nitrogens with two attached hydrogens (primary N) is 1. The lowest BCUT2D eigenvalue weighted by Gasteiger charge is -2.34. The Balaban J connectivity index is 2.36. The topological polar surface area (TPSA) is 155 Å². The fourth-order valence-electron chi connectivity index (χ4n) is 2.79. The summed E-state index contributed by atoms with van der Waals surface area (Å²) in [6.45, 7) is 0. The zero-order valence-corrected chi connectivity index (χ0v) is 11.2. The molecule has 3 atom stereocenters. The largest absolute Gasteiger partial charge is 0.406 e. The van der Waals surface area contributed by atoms with Gasteiger partial charge in [-0.05, 0) is 18.8 Å². The highest BCUT2D eigenvalue weighted by molar-refractivity contribution is 5.87. The van der Waals surface area contributed by atoms with Gasteiger partial charge in [0, 0.05) is 0 Å². The van der Waals surface area contributed by atoms with Crippen LogP contribution in [-0.2, 0) is 19.1 Å². The Morgan fingerprint density at radius 3 is 2.10 bits per heavy atom. The van der Waals surface area contributed by atoms with E-state index in [1.165, 1.54) is 0 Å². The Labute approximate surface area is 120 Å². The molecule has 1 aliphatic carbocycles. The number of rotatable bonds is 3. The molecule has 2 fully saturated rings. The van der Waals surface area contributed by atoms with E-state index < -0.39 is 36.0 Å². The van der Waals surface area contributed by atoms with Gasteiger partial charge in [0.1, 0.15) is 6.04 Å². The van der Waals surface area contributed by atoms with Gasteiger partial charge in [0.05, 0.1) is 0 Å². The van der Waals surface area contributed by atoms with E-state index in [9.17, 15) is 25.1 Å². The van der Waals surface area contributed by atoms with Gasteiger partial charge in [0.25, 0.3) is 0 Å². The Kier molecular flexibility index (Phi) is 4.43. The Bertz CT molecular complexity index is 448. The van der Waals surface area contributed by atoms with Crippen LogP contribution >= 0.6 is 0 Å². The van der Waals surface area contributed by atoms with E-state index in [4.69, 9.17) is 15.3 Å². The van der Waals surface area contributed by atoms with Gasteiger partial charge in [-0.25, -0.2) is 15.0 Å². The van der Waals surface area contributed by atoms with Crippen molar-refractivity contribution in [2.45, 2.75) is 49.7 Å². The number of hydrogen-bond acceptors (Lipinski definition) is 9. The van der Waals surface area contributed by atoms with E-state index in [2.05, 4.69) is 5.43 Å². The van der Waals surface area contributed by atoms with E-state index >= 15 is 0 Å². The molecule has 2 unspecified atom stereocenters. The number of hydrazine groups is 1. The van der Waals surface area contributed by atoms with Gasteiger partial charge in [-0.15, -0.1) is 0 Å². The molecule has 1 saturated heterocycles. The molecule has 0 amide bonds. The lowest BCUT2D eigenvalue weighted by atomic mass is 9.91. The minimum absolute atomic E-state index is 0.136. The quantitative estimate of drug-likeness (QED) is 0.264. The van der Waals surface area contributed by atoms with Crippen molar-refractivity contribution >= 4 is 11.9 Å². The summed E-state index contributed by atoms with van der Waals surface area (Å²) in [6.07, 6.45) is -0.934. The second kappa shape index (κ2) is 5.95. The van der Waals surface area contributed by atoms with Gasteiger partial charge in [-0.2, -0.15) is 5.26 Å². The molecule has 116 valence electrons. The van der Waals surface area contributed by atoms with Crippen LogP contribution < -0.4 is 11.3 Å². The SMILES string of the molecule is N#CC1([C@H](NN)C2CCCC2)OC(=O)C(O)C(O)C(=O)O1. The van der Waals surface area contributed by atoms with Gasteiger partial charge < -0.3 is 19.7 Å². The molecule has 0 aromatic rings. The molecule has 9 nitrogen and oxygen atoms in total. The number of esters is 2. The van der Waals surface area contributed by atoms with Crippen molar-refractivity contribution in [2.75, 3.05) is 0 Å². The minimum Gasteiger partial charge on any atom is -0.406 e. The molecule has 1 heterocycles. The molecule has 0 bridgehead atoms. The fourth-order valence-corrected chi connectivity index (χ4v) is 2.79. The monoisotopic (exact) mass is 299 g/mol. The number of nitrogens with zero attached hydrogens (tertiary/aromatic N) is 1. The molecule has 1 saturated carbocycles. The zero-order chi connectivity index (χ0) is 15.6. The van der Waals surface area contributed by atoms with Crippen LogP contribution in [0.1, 0.15) is 25.7 Å². The third-order valence-corrected chi connectivity index (χ3v) is 3.90. The first-order chi connectivity index (χ1) is 9.95. The lowest BCUT2D eigenvalue weighted by Crippen LogP contribution is -2.59. The highest BCUT2D eigenvalue weighted by atomic mass is 16.7. The number of carbonyl (C=O) groups is 2. The van der Waals surface area contributed by atoms with Crippen LogP contribution in [-0.4, -0.2) is 46.2 Å². The van der Waals surface area contributed by atoms with Crippen LogP contribution in [0, 0.1) is 17.2 Å². The first-order valence-corrected chi connectivity index (χ1v) is 6.64. The number of aliphatic hydroxyl groups excluding tert-OH is 2. The van der Waals surface area contributed by atoms with Gasteiger partial charge >= 0.3 is 17.7 Å². The summed E-state index contributed by atoms with van der Waals surface area (Å²) in [5, 5.41) is 28.3. The highest BCUT2D eigenvalue weighted by Gasteiger charge is 2.56. The summed E-state index contributed by atoms with van der Waals surface area (Å²) in [4.78, 5) is 23.4.